The third kappa shape index (κ3) is 4.09. The number of thioether (sulfide) groups is 1. The van der Waals surface area contributed by atoms with Crippen molar-refractivity contribution < 1.29 is 4.79 Å². The molecular weight excluding hydrogens is 354 g/mol. The maximum Gasteiger partial charge on any atom is 0.239 e. The molecule has 1 aliphatic heterocycles. The smallest absolute Gasteiger partial charge is 0.239 e. The Balaban J connectivity index is 1.47. The summed E-state index contributed by atoms with van der Waals surface area (Å²) in [4.78, 5) is 12.2. The van der Waals surface area contributed by atoms with E-state index in [0.29, 0.717) is 11.6 Å². The fourth-order valence-electron chi connectivity index (χ4n) is 3.15. The molecule has 27 heavy (non-hydrogen) atoms. The summed E-state index contributed by atoms with van der Waals surface area (Å²) in [6.45, 7) is 2.06. The first-order chi connectivity index (χ1) is 13.2. The van der Waals surface area contributed by atoms with E-state index in [9.17, 15) is 4.79 Å². The van der Waals surface area contributed by atoms with E-state index < -0.39 is 0 Å². The van der Waals surface area contributed by atoms with Crippen LogP contribution in [0.15, 0.2) is 76.9 Å². The van der Waals surface area contributed by atoms with E-state index in [1.807, 2.05) is 30.3 Å². The summed E-state index contributed by atoms with van der Waals surface area (Å²) in [7, 11) is 0. The minimum absolute atomic E-state index is 0.0133. The van der Waals surface area contributed by atoms with Crippen LogP contribution in [0.25, 0.3) is 10.8 Å². The number of rotatable bonds is 4. The highest BCUT2D eigenvalue weighted by atomic mass is 32.2. The van der Waals surface area contributed by atoms with Crippen molar-refractivity contribution in [2.75, 3.05) is 0 Å². The van der Waals surface area contributed by atoms with E-state index in [-0.39, 0.29) is 11.2 Å². The van der Waals surface area contributed by atoms with Gasteiger partial charge < -0.3 is 5.32 Å². The van der Waals surface area contributed by atoms with Crippen LogP contribution < -0.4 is 5.32 Å². The lowest BCUT2D eigenvalue weighted by molar-refractivity contribution is -0.118. The van der Waals surface area contributed by atoms with Crippen molar-refractivity contribution in [3.05, 3.63) is 83.4 Å². The van der Waals surface area contributed by atoms with Crippen LogP contribution in [0.2, 0.25) is 0 Å². The van der Waals surface area contributed by atoms with Crippen LogP contribution in [0.4, 0.5) is 0 Å². The number of amides is 1. The standard InChI is InChI=1S/C22H19N3OS/c1-15-6-4-7-16(12-15)13-20-21(26)24-22(27-20)25-23-14-18-10-5-9-17-8-2-3-11-19(17)18/h2-12,14,20H,13H2,1H3,(H,24,25,26)/b23-14-/t20-/m0/s1. The molecule has 1 aliphatic rings. The number of hydrogen-bond donors (Lipinski definition) is 1. The maximum absolute atomic E-state index is 12.2. The zero-order valence-corrected chi connectivity index (χ0v) is 15.7. The zero-order valence-electron chi connectivity index (χ0n) is 14.9. The second-order valence-corrected chi connectivity index (χ2v) is 7.70. The molecule has 3 aromatic carbocycles. The van der Waals surface area contributed by atoms with Crippen molar-refractivity contribution in [3.63, 3.8) is 0 Å². The predicted molar refractivity (Wildman–Crippen MR) is 113 cm³/mol. The molecule has 1 N–H and O–H groups in total. The number of hydrogen-bond acceptors (Lipinski definition) is 4. The average Bonchev–Trinajstić information content (AvgIpc) is 3.01. The van der Waals surface area contributed by atoms with Gasteiger partial charge in [0, 0.05) is 5.56 Å². The van der Waals surface area contributed by atoms with Gasteiger partial charge in [0.15, 0.2) is 5.17 Å². The Kier molecular flexibility index (Phi) is 5.03. The molecule has 1 heterocycles. The Morgan fingerprint density at radius 3 is 2.78 bits per heavy atom. The lowest BCUT2D eigenvalue weighted by Crippen LogP contribution is -2.25. The molecule has 0 spiro atoms. The molecule has 1 saturated heterocycles. The van der Waals surface area contributed by atoms with Gasteiger partial charge in [-0.05, 0) is 29.7 Å². The van der Waals surface area contributed by atoms with Gasteiger partial charge in [0.1, 0.15) is 0 Å². The van der Waals surface area contributed by atoms with E-state index in [2.05, 4.69) is 58.8 Å². The third-order valence-corrected chi connectivity index (χ3v) is 5.52. The number of aryl methyl sites for hydroxylation is 1. The molecule has 0 aliphatic carbocycles. The van der Waals surface area contributed by atoms with Gasteiger partial charge in [0.25, 0.3) is 0 Å². The quantitative estimate of drug-likeness (QED) is 0.547. The molecular formula is C22H19N3OS. The van der Waals surface area contributed by atoms with Gasteiger partial charge in [0.2, 0.25) is 5.91 Å². The number of nitrogens with one attached hydrogen (secondary N) is 1. The van der Waals surface area contributed by atoms with E-state index in [0.717, 1.165) is 21.9 Å². The van der Waals surface area contributed by atoms with Crippen molar-refractivity contribution in [2.45, 2.75) is 18.6 Å². The van der Waals surface area contributed by atoms with Gasteiger partial charge in [-0.3, -0.25) is 4.79 Å². The zero-order chi connectivity index (χ0) is 18.6. The van der Waals surface area contributed by atoms with Gasteiger partial charge in [-0.15, -0.1) is 5.10 Å². The molecule has 0 radical (unpaired) electrons. The fourth-order valence-corrected chi connectivity index (χ4v) is 4.11. The van der Waals surface area contributed by atoms with Gasteiger partial charge in [-0.2, -0.15) is 5.10 Å². The Bertz CT molecular complexity index is 1050. The van der Waals surface area contributed by atoms with Gasteiger partial charge in [0.05, 0.1) is 11.5 Å². The summed E-state index contributed by atoms with van der Waals surface area (Å²) in [5, 5.41) is 13.9. The van der Waals surface area contributed by atoms with Crippen molar-refractivity contribution in [1.82, 2.24) is 5.32 Å². The van der Waals surface area contributed by atoms with E-state index >= 15 is 0 Å². The lowest BCUT2D eigenvalue weighted by Gasteiger charge is -2.05. The largest absolute Gasteiger partial charge is 0.303 e. The number of amidine groups is 1. The minimum Gasteiger partial charge on any atom is -0.303 e. The van der Waals surface area contributed by atoms with Crippen molar-refractivity contribution in [2.24, 2.45) is 10.2 Å². The Morgan fingerprint density at radius 2 is 1.89 bits per heavy atom. The Morgan fingerprint density at radius 1 is 1.07 bits per heavy atom. The molecule has 3 aromatic rings. The Labute approximate surface area is 162 Å². The molecule has 0 bridgehead atoms. The maximum atomic E-state index is 12.2. The molecule has 4 nitrogen and oxygen atoms in total. The van der Waals surface area contributed by atoms with Gasteiger partial charge in [-0.1, -0.05) is 84.1 Å². The number of fused-ring (bicyclic) bond motifs is 1. The second kappa shape index (κ2) is 7.76. The molecule has 1 fully saturated rings. The van der Waals surface area contributed by atoms with E-state index in [4.69, 9.17) is 0 Å². The number of carbonyl (C=O) groups excluding carboxylic acids is 1. The average molecular weight is 373 g/mol. The van der Waals surface area contributed by atoms with Crippen molar-refractivity contribution >= 4 is 39.8 Å². The minimum atomic E-state index is -0.168. The third-order valence-electron chi connectivity index (χ3n) is 4.45. The van der Waals surface area contributed by atoms with E-state index in [1.165, 1.54) is 17.3 Å². The molecule has 0 saturated carbocycles. The summed E-state index contributed by atoms with van der Waals surface area (Å²) >= 11 is 1.43. The summed E-state index contributed by atoms with van der Waals surface area (Å²) in [6, 6.07) is 22.5. The second-order valence-electron chi connectivity index (χ2n) is 6.51. The highest BCUT2D eigenvalue weighted by Gasteiger charge is 2.30. The van der Waals surface area contributed by atoms with Crippen LogP contribution in [0.1, 0.15) is 16.7 Å². The topological polar surface area (TPSA) is 53.8 Å². The van der Waals surface area contributed by atoms with Gasteiger partial charge in [-0.25, -0.2) is 0 Å². The SMILES string of the molecule is Cc1cccc(C[C@@H]2S/C(=N/N=C\c3cccc4ccccc34)NC2=O)c1. The summed E-state index contributed by atoms with van der Waals surface area (Å²) in [5.41, 5.74) is 3.36. The first-order valence-corrected chi connectivity index (χ1v) is 9.69. The monoisotopic (exact) mass is 373 g/mol. The molecule has 0 unspecified atom stereocenters. The van der Waals surface area contributed by atoms with E-state index in [1.54, 1.807) is 6.21 Å². The number of nitrogens with zero attached hydrogens (tertiary/aromatic N) is 2. The molecule has 4 rings (SSSR count). The predicted octanol–water partition coefficient (Wildman–Crippen LogP) is 4.31. The normalized spacial score (nSPS) is 18.5. The first-order valence-electron chi connectivity index (χ1n) is 8.81. The van der Waals surface area contributed by atoms with Crippen molar-refractivity contribution in [1.29, 1.82) is 0 Å². The molecule has 1 amide bonds. The molecule has 1 atom stereocenters. The molecule has 5 heteroatoms. The lowest BCUT2D eigenvalue weighted by atomic mass is 10.1. The first kappa shape index (κ1) is 17.5. The van der Waals surface area contributed by atoms with Crippen LogP contribution in [-0.2, 0) is 11.2 Å². The van der Waals surface area contributed by atoms with Crippen LogP contribution in [0.5, 0.6) is 0 Å². The number of carbonyl (C=O) groups is 1. The summed E-state index contributed by atoms with van der Waals surface area (Å²) in [6.07, 6.45) is 2.42. The summed E-state index contributed by atoms with van der Waals surface area (Å²) < 4.78 is 0. The highest BCUT2D eigenvalue weighted by molar-refractivity contribution is 8.15. The number of benzene rings is 3. The molecule has 0 aromatic heterocycles. The fraction of sp³-hybridized carbons (Fsp3) is 0.136. The van der Waals surface area contributed by atoms with Crippen molar-refractivity contribution in [3.8, 4) is 0 Å². The Hall–Kier alpha value is -2.92. The van der Waals surface area contributed by atoms with Crippen LogP contribution >= 0.6 is 11.8 Å². The van der Waals surface area contributed by atoms with Gasteiger partial charge >= 0.3 is 0 Å². The van der Waals surface area contributed by atoms with Crippen LogP contribution in [0.3, 0.4) is 0 Å². The van der Waals surface area contributed by atoms with Crippen LogP contribution in [-0.4, -0.2) is 22.5 Å². The molecule has 134 valence electrons. The highest BCUT2D eigenvalue weighted by Crippen LogP contribution is 2.24. The summed E-state index contributed by atoms with van der Waals surface area (Å²) in [5.74, 6) is -0.0133. The van der Waals surface area contributed by atoms with Crippen LogP contribution in [0, 0.1) is 6.92 Å².